The number of carboxylic acids is 2. The van der Waals surface area contributed by atoms with Crippen molar-refractivity contribution in [1.82, 2.24) is 24.8 Å². The summed E-state index contributed by atoms with van der Waals surface area (Å²) in [6, 6.07) is -1.63. The van der Waals surface area contributed by atoms with Crippen LogP contribution in [0, 0.1) is 0 Å². The molecule has 3 heterocycles. The van der Waals surface area contributed by atoms with Crippen LogP contribution in [0.5, 0.6) is 0 Å². The van der Waals surface area contributed by atoms with Gasteiger partial charge in [0.2, 0.25) is 5.91 Å². The van der Waals surface area contributed by atoms with E-state index in [1.807, 2.05) is 0 Å². The number of thioether (sulfide) groups is 1. The Morgan fingerprint density at radius 1 is 1.12 bits per heavy atom. The monoisotopic (exact) mass is 580 g/mol. The number of unbranched alkanes of at least 4 members (excludes halogenated alkanes) is 3. The van der Waals surface area contributed by atoms with Gasteiger partial charge >= 0.3 is 11.9 Å². The molecule has 2 aromatic heterocycles. The number of ether oxygens (including phenoxy) is 1. The molecule has 220 valence electrons. The Hall–Kier alpha value is -3.27. The zero-order valence-electron chi connectivity index (χ0n) is 22.4. The molecule has 15 heteroatoms. The molecule has 1 aliphatic heterocycles. The highest BCUT2D eigenvalue weighted by Gasteiger charge is 2.43. The Bertz CT molecular complexity index is 1210. The van der Waals surface area contributed by atoms with Crippen LogP contribution in [-0.2, 0) is 19.1 Å². The molecule has 3 rings (SSSR count). The third-order valence-electron chi connectivity index (χ3n) is 6.14. The van der Waals surface area contributed by atoms with E-state index in [1.165, 1.54) is 28.7 Å². The van der Waals surface area contributed by atoms with Crippen molar-refractivity contribution in [2.75, 3.05) is 17.6 Å². The fraction of sp³-hybridized carbons (Fsp3) is 0.600. The molecule has 1 fully saturated rings. The van der Waals surface area contributed by atoms with Gasteiger partial charge in [-0.2, -0.15) is 0 Å². The van der Waals surface area contributed by atoms with Crippen LogP contribution in [0.15, 0.2) is 23.6 Å². The number of carbonyl (C=O) groups excluding carboxylic acids is 1. The van der Waals surface area contributed by atoms with Crippen molar-refractivity contribution < 1.29 is 39.5 Å². The Balaban J connectivity index is 1.79. The van der Waals surface area contributed by atoms with Crippen LogP contribution in [0.1, 0.15) is 58.6 Å². The molecule has 0 radical (unpaired) electrons. The summed E-state index contributed by atoms with van der Waals surface area (Å²) < 4.78 is 7.35. The minimum absolute atomic E-state index is 0.404. The molecule has 5 atom stereocenters. The molecule has 1 unspecified atom stereocenters. The summed E-state index contributed by atoms with van der Waals surface area (Å²) >= 11 is 1.48. The fourth-order valence-corrected chi connectivity index (χ4v) is 4.77. The van der Waals surface area contributed by atoms with E-state index in [2.05, 4.69) is 39.4 Å². The van der Waals surface area contributed by atoms with Crippen molar-refractivity contribution in [3.05, 3.63) is 18.5 Å². The van der Waals surface area contributed by atoms with Gasteiger partial charge in [-0.15, -0.1) is 0 Å². The van der Waals surface area contributed by atoms with Gasteiger partial charge in [0.25, 0.3) is 0 Å². The molecule has 1 amide bonds. The maximum absolute atomic E-state index is 12.2. The zero-order valence-corrected chi connectivity index (χ0v) is 23.2. The number of amides is 1. The quantitative estimate of drug-likeness (QED) is 0.0721. The second-order valence-electron chi connectivity index (χ2n) is 9.34. The summed E-state index contributed by atoms with van der Waals surface area (Å²) in [6.07, 6.45) is 2.95. The van der Waals surface area contributed by atoms with Crippen LogP contribution in [0.25, 0.3) is 11.2 Å². The summed E-state index contributed by atoms with van der Waals surface area (Å²) in [5.41, 5.74) is 0.888. The molecule has 0 aliphatic carbocycles. The Morgan fingerprint density at radius 3 is 2.58 bits per heavy atom. The van der Waals surface area contributed by atoms with Gasteiger partial charge in [-0.1, -0.05) is 44.9 Å². The molecule has 0 aromatic carbocycles. The standard InChI is InChI=1S/C25H36N6O8S/c1-3-5-6-7-10-26-21-18-22(30-25(29-21)40-11-4-2)31(13-27-18)23-20(36)19(35)15(39-23)8-9-16(32)28-14(24(37)38)12-17(33)34/h8-9,13-15,19-20,23,35-36H,3-7,10-12H2,1-2H3,(H,28,32)(H,33,34)(H,37,38)(H,26,29,30)/b9-8+/t14?,15-,19-,20-,23-/m1/s1. The van der Waals surface area contributed by atoms with Crippen molar-refractivity contribution in [2.24, 2.45) is 0 Å². The average Bonchev–Trinajstić information content (AvgIpc) is 3.45. The molecule has 6 N–H and O–H groups in total. The highest BCUT2D eigenvalue weighted by molar-refractivity contribution is 7.99. The van der Waals surface area contributed by atoms with E-state index in [0.29, 0.717) is 28.7 Å². The lowest BCUT2D eigenvalue weighted by Crippen LogP contribution is -2.41. The van der Waals surface area contributed by atoms with Gasteiger partial charge in [0.1, 0.15) is 24.4 Å². The number of nitrogens with zero attached hydrogens (tertiary/aromatic N) is 4. The molecule has 40 heavy (non-hydrogen) atoms. The van der Waals surface area contributed by atoms with E-state index in [-0.39, 0.29) is 0 Å². The lowest BCUT2D eigenvalue weighted by molar-refractivity contribution is -0.146. The van der Waals surface area contributed by atoms with E-state index < -0.39 is 54.8 Å². The van der Waals surface area contributed by atoms with E-state index in [1.54, 1.807) is 0 Å². The molecule has 14 nitrogen and oxygen atoms in total. The second-order valence-corrected chi connectivity index (χ2v) is 10.4. The molecule has 0 saturated carbocycles. The van der Waals surface area contributed by atoms with Crippen LogP contribution in [-0.4, -0.2) is 94.4 Å². The predicted octanol–water partition coefficient (Wildman–Crippen LogP) is 1.54. The highest BCUT2D eigenvalue weighted by Crippen LogP contribution is 2.34. The second kappa shape index (κ2) is 14.9. The van der Waals surface area contributed by atoms with Gasteiger partial charge in [0.05, 0.1) is 12.7 Å². The normalized spacial score (nSPS) is 21.6. The Labute approximate surface area is 235 Å². The third kappa shape index (κ3) is 8.13. The zero-order chi connectivity index (χ0) is 29.2. The van der Waals surface area contributed by atoms with Crippen LogP contribution < -0.4 is 10.6 Å². The van der Waals surface area contributed by atoms with Crippen LogP contribution in [0.3, 0.4) is 0 Å². The van der Waals surface area contributed by atoms with Gasteiger partial charge in [0, 0.05) is 18.4 Å². The first-order valence-corrected chi connectivity index (χ1v) is 14.2. The number of fused-ring (bicyclic) bond motifs is 1. The number of hydrogen-bond donors (Lipinski definition) is 6. The molecule has 2 aromatic rings. The third-order valence-corrected chi connectivity index (χ3v) is 7.19. The van der Waals surface area contributed by atoms with Gasteiger partial charge in [-0.25, -0.2) is 19.7 Å². The minimum atomic E-state index is -1.63. The number of imidazole rings is 1. The Kier molecular flexibility index (Phi) is 11.7. The highest BCUT2D eigenvalue weighted by atomic mass is 32.2. The number of aromatic nitrogens is 4. The first-order valence-electron chi connectivity index (χ1n) is 13.2. The maximum Gasteiger partial charge on any atom is 0.326 e. The smallest absolute Gasteiger partial charge is 0.326 e. The molecule has 1 aliphatic rings. The summed E-state index contributed by atoms with van der Waals surface area (Å²) in [5.74, 6) is -2.41. The lowest BCUT2D eigenvalue weighted by Gasteiger charge is -2.17. The number of carbonyl (C=O) groups is 3. The number of aliphatic hydroxyl groups is 2. The SMILES string of the molecule is CCCCCCNc1nc(SCCC)nc2c1ncn2[C@@H]1O[C@H](/C=C/C(=O)NC(CC(=O)O)C(=O)O)[C@@H](O)[C@H]1O. The van der Waals surface area contributed by atoms with Crippen molar-refractivity contribution in [1.29, 1.82) is 0 Å². The molecule has 1 saturated heterocycles. The van der Waals surface area contributed by atoms with Crippen molar-refractivity contribution >= 4 is 46.6 Å². The first kappa shape index (κ1) is 31.3. The largest absolute Gasteiger partial charge is 0.481 e. The maximum atomic E-state index is 12.2. The number of nitrogens with one attached hydrogen (secondary N) is 2. The number of aliphatic hydroxyl groups excluding tert-OH is 2. The summed E-state index contributed by atoms with van der Waals surface area (Å²) in [4.78, 5) is 47.9. The Morgan fingerprint density at radius 2 is 1.90 bits per heavy atom. The van der Waals surface area contributed by atoms with Gasteiger partial charge in [-0.05, 0) is 18.9 Å². The van der Waals surface area contributed by atoms with Gasteiger partial charge in [-0.3, -0.25) is 14.2 Å². The molecular formula is C25H36N6O8S. The lowest BCUT2D eigenvalue weighted by atomic mass is 10.1. The van der Waals surface area contributed by atoms with Gasteiger partial charge in [0.15, 0.2) is 28.4 Å². The van der Waals surface area contributed by atoms with Crippen LogP contribution >= 0.6 is 11.8 Å². The van der Waals surface area contributed by atoms with Crippen molar-refractivity contribution in [2.45, 2.75) is 88.1 Å². The summed E-state index contributed by atoms with van der Waals surface area (Å²) in [7, 11) is 0. The molecular weight excluding hydrogens is 544 g/mol. The minimum Gasteiger partial charge on any atom is -0.481 e. The fourth-order valence-electron chi connectivity index (χ4n) is 4.07. The number of rotatable bonds is 16. The van der Waals surface area contributed by atoms with Crippen LogP contribution in [0.4, 0.5) is 5.82 Å². The number of aliphatic carboxylic acids is 2. The van der Waals surface area contributed by atoms with E-state index >= 15 is 0 Å². The predicted molar refractivity (Wildman–Crippen MR) is 146 cm³/mol. The topological polar surface area (TPSA) is 209 Å². The summed E-state index contributed by atoms with van der Waals surface area (Å²) in [5, 5.41) is 45.2. The summed E-state index contributed by atoms with van der Waals surface area (Å²) in [6.45, 7) is 4.91. The van der Waals surface area contributed by atoms with Crippen molar-refractivity contribution in [3.63, 3.8) is 0 Å². The van der Waals surface area contributed by atoms with E-state index in [0.717, 1.165) is 43.9 Å². The number of anilines is 1. The van der Waals surface area contributed by atoms with Crippen LogP contribution in [0.2, 0.25) is 0 Å². The molecule has 0 spiro atoms. The van der Waals surface area contributed by atoms with E-state index in [9.17, 15) is 24.6 Å². The number of carboxylic acid groups (broad SMARTS) is 2. The van der Waals surface area contributed by atoms with Gasteiger partial charge < -0.3 is 35.8 Å². The molecule has 0 bridgehead atoms. The first-order chi connectivity index (χ1) is 19.2. The number of hydrogen-bond acceptors (Lipinski definition) is 11. The average molecular weight is 581 g/mol. The van der Waals surface area contributed by atoms with Crippen molar-refractivity contribution in [3.8, 4) is 0 Å². The van der Waals surface area contributed by atoms with E-state index in [4.69, 9.17) is 14.9 Å².